The molecular weight excluding hydrogens is 434 g/mol. The van der Waals surface area contributed by atoms with E-state index in [9.17, 15) is 14.4 Å². The molecule has 0 fully saturated rings. The molecule has 2 heterocycles. The van der Waals surface area contributed by atoms with Gasteiger partial charge in [0.1, 0.15) is 11.6 Å². The average molecular weight is 470 g/mol. The predicted octanol–water partition coefficient (Wildman–Crippen LogP) is 3.79. The lowest BCUT2D eigenvalue weighted by molar-refractivity contribution is -0.137. The first-order valence-corrected chi connectivity index (χ1v) is 11.3. The molecule has 0 aliphatic rings. The smallest absolute Gasteiger partial charge is 0.304 e. The van der Waals surface area contributed by atoms with Crippen LogP contribution in [-0.2, 0) is 20.8 Å². The van der Waals surface area contributed by atoms with Gasteiger partial charge in [0.2, 0.25) is 11.8 Å². The van der Waals surface area contributed by atoms with Crippen molar-refractivity contribution in [1.29, 1.82) is 0 Å². The Morgan fingerprint density at radius 3 is 1.91 bits per heavy atom. The first-order valence-electron chi connectivity index (χ1n) is 11.3. The van der Waals surface area contributed by atoms with E-state index in [1.165, 1.54) is 0 Å². The number of aromatic nitrogens is 2. The highest BCUT2D eigenvalue weighted by Gasteiger charge is 2.23. The van der Waals surface area contributed by atoms with E-state index in [-0.39, 0.29) is 30.8 Å². The summed E-state index contributed by atoms with van der Waals surface area (Å²) in [6, 6.07) is 10.3. The van der Waals surface area contributed by atoms with Gasteiger partial charge >= 0.3 is 5.97 Å². The third-order valence-electron chi connectivity index (χ3n) is 4.92. The van der Waals surface area contributed by atoms with Crippen molar-refractivity contribution in [2.24, 2.45) is 10.8 Å². The number of carbonyl (C=O) groups excluding carboxylic acids is 2. The first kappa shape index (κ1) is 26.9. The molecule has 34 heavy (non-hydrogen) atoms. The van der Waals surface area contributed by atoms with Crippen LogP contribution in [0.4, 0.5) is 11.6 Å². The van der Waals surface area contributed by atoms with Crippen LogP contribution >= 0.6 is 0 Å². The number of carboxylic acid groups (broad SMARTS) is 1. The third-order valence-corrected chi connectivity index (χ3v) is 4.92. The minimum absolute atomic E-state index is 0.0495. The van der Waals surface area contributed by atoms with Gasteiger partial charge < -0.3 is 21.1 Å². The van der Waals surface area contributed by atoms with Crippen molar-refractivity contribution in [2.45, 2.75) is 60.4 Å². The predicted molar refractivity (Wildman–Crippen MR) is 131 cm³/mol. The van der Waals surface area contributed by atoms with Gasteiger partial charge in [0, 0.05) is 29.5 Å². The summed E-state index contributed by atoms with van der Waals surface area (Å²) >= 11 is 0. The largest absolute Gasteiger partial charge is 0.481 e. The summed E-state index contributed by atoms with van der Waals surface area (Å²) in [5.41, 5.74) is 0.215. The summed E-state index contributed by atoms with van der Waals surface area (Å²) in [4.78, 5) is 44.9. The zero-order valence-electron chi connectivity index (χ0n) is 20.7. The summed E-state index contributed by atoms with van der Waals surface area (Å²) in [7, 11) is 0. The number of hydrogen-bond acceptors (Lipinski definition) is 6. The standard InChI is InChI=1S/C25H35N5O4/c1-24(2,3)22(33)29-19-11-7-9-16(27-19)15-18(26-14-13-21(31)32)17-10-8-12-20(28-17)30-23(34)25(4,5)6/h7-12,18,26H,13-15H2,1-6H3,(H,31,32)(H,27,29,33)(H,28,30,34). The third kappa shape index (κ3) is 8.55. The zero-order chi connectivity index (χ0) is 25.5. The van der Waals surface area contributed by atoms with Gasteiger partial charge in [0.15, 0.2) is 0 Å². The molecule has 0 saturated heterocycles. The fourth-order valence-electron chi connectivity index (χ4n) is 2.83. The maximum atomic E-state index is 12.4. The van der Waals surface area contributed by atoms with Crippen LogP contribution in [0.5, 0.6) is 0 Å². The Hall–Kier alpha value is -3.33. The molecular formula is C25H35N5O4. The molecule has 0 radical (unpaired) electrons. The maximum Gasteiger partial charge on any atom is 0.304 e. The van der Waals surface area contributed by atoms with Crippen LogP contribution in [0.15, 0.2) is 36.4 Å². The summed E-state index contributed by atoms with van der Waals surface area (Å²) in [5.74, 6) is -0.341. The number of pyridine rings is 2. The van der Waals surface area contributed by atoms with Crippen molar-refractivity contribution in [3.8, 4) is 0 Å². The molecule has 1 unspecified atom stereocenters. The van der Waals surface area contributed by atoms with Crippen LogP contribution in [0.25, 0.3) is 0 Å². The highest BCUT2D eigenvalue weighted by molar-refractivity contribution is 5.94. The Labute approximate surface area is 200 Å². The Morgan fingerprint density at radius 1 is 0.853 bits per heavy atom. The summed E-state index contributed by atoms with van der Waals surface area (Å²) in [6.45, 7) is 11.2. The van der Waals surface area contributed by atoms with Crippen LogP contribution in [0.2, 0.25) is 0 Å². The van der Waals surface area contributed by atoms with E-state index in [2.05, 4.69) is 25.9 Å². The van der Waals surface area contributed by atoms with Gasteiger partial charge in [0.05, 0.1) is 18.2 Å². The average Bonchev–Trinajstić information content (AvgIpc) is 2.72. The Morgan fingerprint density at radius 2 is 1.38 bits per heavy atom. The number of hydrogen-bond donors (Lipinski definition) is 4. The maximum absolute atomic E-state index is 12.4. The molecule has 2 rings (SSSR count). The molecule has 0 aliphatic heterocycles. The van der Waals surface area contributed by atoms with Crippen LogP contribution in [0.3, 0.4) is 0 Å². The Bertz CT molecular complexity index is 1020. The monoisotopic (exact) mass is 469 g/mol. The van der Waals surface area contributed by atoms with Crippen LogP contribution in [0, 0.1) is 10.8 Å². The summed E-state index contributed by atoms with van der Waals surface area (Å²) in [5, 5.41) is 17.9. The van der Waals surface area contributed by atoms with Gasteiger partial charge in [0.25, 0.3) is 0 Å². The topological polar surface area (TPSA) is 133 Å². The second-order valence-corrected chi connectivity index (χ2v) is 10.2. The lowest BCUT2D eigenvalue weighted by atomic mass is 9.96. The lowest BCUT2D eigenvalue weighted by Gasteiger charge is -2.21. The van der Waals surface area contributed by atoms with E-state index < -0.39 is 16.8 Å². The van der Waals surface area contributed by atoms with Crippen molar-refractivity contribution in [3.05, 3.63) is 47.8 Å². The number of carbonyl (C=O) groups is 3. The van der Waals surface area contributed by atoms with E-state index in [1.54, 1.807) is 18.2 Å². The first-order chi connectivity index (χ1) is 15.8. The van der Waals surface area contributed by atoms with Gasteiger partial charge in [-0.1, -0.05) is 53.7 Å². The van der Waals surface area contributed by atoms with Gasteiger partial charge in [-0.25, -0.2) is 9.97 Å². The number of carboxylic acids is 1. The molecule has 0 spiro atoms. The molecule has 4 N–H and O–H groups in total. The van der Waals surface area contributed by atoms with Crippen molar-refractivity contribution in [3.63, 3.8) is 0 Å². The number of nitrogens with one attached hydrogen (secondary N) is 3. The number of aliphatic carboxylic acids is 1. The molecule has 0 bridgehead atoms. The van der Waals surface area contributed by atoms with Gasteiger partial charge in [-0.3, -0.25) is 14.4 Å². The molecule has 184 valence electrons. The van der Waals surface area contributed by atoms with Crippen molar-refractivity contribution >= 4 is 29.4 Å². The lowest BCUT2D eigenvalue weighted by Crippen LogP contribution is -2.30. The van der Waals surface area contributed by atoms with Crippen molar-refractivity contribution in [1.82, 2.24) is 15.3 Å². The molecule has 2 aromatic heterocycles. The second-order valence-electron chi connectivity index (χ2n) is 10.2. The van der Waals surface area contributed by atoms with Crippen LogP contribution < -0.4 is 16.0 Å². The van der Waals surface area contributed by atoms with E-state index >= 15 is 0 Å². The Balaban J connectivity index is 2.26. The number of nitrogens with zero attached hydrogens (tertiary/aromatic N) is 2. The molecule has 0 aliphatic carbocycles. The summed E-state index contributed by atoms with van der Waals surface area (Å²) in [6.07, 6.45) is 0.356. The van der Waals surface area contributed by atoms with E-state index in [1.807, 2.05) is 59.7 Å². The highest BCUT2D eigenvalue weighted by Crippen LogP contribution is 2.22. The molecule has 0 aromatic carbocycles. The highest BCUT2D eigenvalue weighted by atomic mass is 16.4. The van der Waals surface area contributed by atoms with Gasteiger partial charge in [-0.05, 0) is 24.3 Å². The minimum atomic E-state index is -0.907. The van der Waals surface area contributed by atoms with Gasteiger partial charge in [-0.15, -0.1) is 0 Å². The molecule has 9 nitrogen and oxygen atoms in total. The van der Waals surface area contributed by atoms with Gasteiger partial charge in [-0.2, -0.15) is 0 Å². The Kier molecular flexibility index (Phi) is 8.86. The van der Waals surface area contributed by atoms with Crippen molar-refractivity contribution < 1.29 is 19.5 Å². The molecule has 2 aromatic rings. The van der Waals surface area contributed by atoms with Crippen LogP contribution in [0.1, 0.15) is 65.4 Å². The minimum Gasteiger partial charge on any atom is -0.481 e. The molecule has 1 atom stereocenters. The van der Waals surface area contributed by atoms with E-state index in [4.69, 9.17) is 5.11 Å². The molecule has 0 saturated carbocycles. The number of rotatable bonds is 9. The number of amides is 2. The quantitative estimate of drug-likeness (QED) is 0.439. The molecule has 9 heteroatoms. The normalized spacial score (nSPS) is 12.6. The fourth-order valence-corrected chi connectivity index (χ4v) is 2.83. The summed E-state index contributed by atoms with van der Waals surface area (Å²) < 4.78 is 0. The second kappa shape index (κ2) is 11.2. The van der Waals surface area contributed by atoms with E-state index in [0.717, 1.165) is 0 Å². The number of anilines is 2. The van der Waals surface area contributed by atoms with Crippen molar-refractivity contribution in [2.75, 3.05) is 17.2 Å². The molecule has 2 amide bonds. The zero-order valence-corrected chi connectivity index (χ0v) is 20.7. The van der Waals surface area contributed by atoms with Crippen LogP contribution in [-0.4, -0.2) is 39.4 Å². The SMILES string of the molecule is CC(C)(C)C(=O)Nc1cccc(CC(NCCC(=O)O)c2cccc(NC(=O)C(C)(C)C)n2)n1. The fraction of sp³-hybridized carbons (Fsp3) is 0.480. The van der Waals surface area contributed by atoms with E-state index in [0.29, 0.717) is 29.4 Å².